The highest BCUT2D eigenvalue weighted by molar-refractivity contribution is 5.72. The zero-order chi connectivity index (χ0) is 15.1. The molecule has 1 aromatic carbocycles. The van der Waals surface area contributed by atoms with Gasteiger partial charge in [-0.05, 0) is 31.5 Å². The first kappa shape index (κ1) is 14.1. The van der Waals surface area contributed by atoms with Crippen LogP contribution in [-0.4, -0.2) is 9.97 Å². The lowest BCUT2D eigenvalue weighted by Gasteiger charge is -2.13. The highest BCUT2D eigenvalue weighted by atomic mass is 19.4. The molecule has 0 spiro atoms. The summed E-state index contributed by atoms with van der Waals surface area (Å²) in [6.07, 6.45) is -4.42. The minimum Gasteiger partial charge on any atom is -0.383 e. The number of anilines is 2. The van der Waals surface area contributed by atoms with E-state index in [1.165, 1.54) is 6.07 Å². The number of aryl methyl sites for hydroxylation is 1. The average molecular weight is 282 g/mol. The van der Waals surface area contributed by atoms with Crippen LogP contribution >= 0.6 is 0 Å². The van der Waals surface area contributed by atoms with Crippen LogP contribution in [0.2, 0.25) is 0 Å². The second-order valence-electron chi connectivity index (χ2n) is 4.47. The maximum absolute atomic E-state index is 12.8. The fraction of sp³-hybridized carbons (Fsp3) is 0.231. The van der Waals surface area contributed by atoms with Crippen molar-refractivity contribution in [2.45, 2.75) is 20.0 Å². The molecule has 1 aromatic heterocycles. The number of hydrogen-bond donors (Lipinski definition) is 2. The van der Waals surface area contributed by atoms with Crippen LogP contribution in [0, 0.1) is 13.8 Å². The Morgan fingerprint density at radius 3 is 2.30 bits per heavy atom. The minimum atomic E-state index is -4.42. The van der Waals surface area contributed by atoms with Crippen LogP contribution in [0.5, 0.6) is 0 Å². The smallest absolute Gasteiger partial charge is 0.383 e. The number of nitrogen functional groups attached to an aromatic ring is 2. The molecule has 4 nitrogen and oxygen atoms in total. The highest BCUT2D eigenvalue weighted by Gasteiger charge is 2.31. The van der Waals surface area contributed by atoms with Crippen LogP contribution in [-0.2, 0) is 6.18 Å². The van der Waals surface area contributed by atoms with Gasteiger partial charge in [-0.1, -0.05) is 6.07 Å². The number of rotatable bonds is 1. The quantitative estimate of drug-likeness (QED) is 0.843. The van der Waals surface area contributed by atoms with Gasteiger partial charge in [-0.2, -0.15) is 18.2 Å². The summed E-state index contributed by atoms with van der Waals surface area (Å²) in [5.74, 6) is 0.0872. The van der Waals surface area contributed by atoms with Crippen LogP contribution in [0.25, 0.3) is 11.3 Å². The van der Waals surface area contributed by atoms with Crippen molar-refractivity contribution in [3.8, 4) is 11.3 Å². The Morgan fingerprint density at radius 2 is 1.70 bits per heavy atom. The maximum Gasteiger partial charge on any atom is 0.416 e. The van der Waals surface area contributed by atoms with Crippen LogP contribution in [0.15, 0.2) is 18.2 Å². The lowest BCUT2D eigenvalue weighted by Crippen LogP contribution is -2.07. The molecule has 0 atom stereocenters. The first-order valence-corrected chi connectivity index (χ1v) is 5.78. The highest BCUT2D eigenvalue weighted by Crippen LogP contribution is 2.35. The monoisotopic (exact) mass is 282 g/mol. The Kier molecular flexibility index (Phi) is 3.29. The molecule has 0 unspecified atom stereocenters. The summed E-state index contributed by atoms with van der Waals surface area (Å²) >= 11 is 0. The molecule has 4 N–H and O–H groups in total. The normalized spacial score (nSPS) is 11.7. The number of alkyl halides is 3. The fourth-order valence-corrected chi connectivity index (χ4v) is 1.87. The van der Waals surface area contributed by atoms with Gasteiger partial charge in [0.05, 0.1) is 11.3 Å². The Balaban J connectivity index is 2.70. The van der Waals surface area contributed by atoms with Crippen LogP contribution < -0.4 is 11.5 Å². The predicted octanol–water partition coefficient (Wildman–Crippen LogP) is 2.94. The van der Waals surface area contributed by atoms with E-state index in [9.17, 15) is 13.2 Å². The second kappa shape index (κ2) is 4.66. The summed E-state index contributed by atoms with van der Waals surface area (Å²) < 4.78 is 38.4. The molecular formula is C13H13F3N4. The van der Waals surface area contributed by atoms with Gasteiger partial charge in [-0.15, -0.1) is 0 Å². The molecule has 2 aromatic rings. The maximum atomic E-state index is 12.8. The average Bonchev–Trinajstić information content (AvgIpc) is 2.33. The van der Waals surface area contributed by atoms with E-state index in [2.05, 4.69) is 9.97 Å². The van der Waals surface area contributed by atoms with E-state index in [-0.39, 0.29) is 11.8 Å². The van der Waals surface area contributed by atoms with E-state index in [0.29, 0.717) is 22.4 Å². The van der Waals surface area contributed by atoms with E-state index in [4.69, 9.17) is 11.5 Å². The Morgan fingerprint density at radius 1 is 1.05 bits per heavy atom. The zero-order valence-electron chi connectivity index (χ0n) is 10.9. The van der Waals surface area contributed by atoms with Crippen molar-refractivity contribution in [3.63, 3.8) is 0 Å². The molecule has 0 saturated heterocycles. The molecule has 0 aliphatic heterocycles. The molecular weight excluding hydrogens is 269 g/mol. The predicted molar refractivity (Wildman–Crippen MR) is 70.8 cm³/mol. The molecule has 106 valence electrons. The zero-order valence-corrected chi connectivity index (χ0v) is 10.9. The van der Waals surface area contributed by atoms with Gasteiger partial charge in [0.2, 0.25) is 5.95 Å². The number of hydrogen-bond acceptors (Lipinski definition) is 4. The first-order chi connectivity index (χ1) is 9.20. The third-order valence-corrected chi connectivity index (χ3v) is 3.02. The summed E-state index contributed by atoms with van der Waals surface area (Å²) in [7, 11) is 0. The first-order valence-electron chi connectivity index (χ1n) is 5.78. The largest absolute Gasteiger partial charge is 0.416 e. The van der Waals surface area contributed by atoms with Crippen molar-refractivity contribution in [2.75, 3.05) is 11.5 Å². The summed E-state index contributed by atoms with van der Waals surface area (Å²) in [6.45, 7) is 3.34. The van der Waals surface area contributed by atoms with Gasteiger partial charge in [0, 0.05) is 11.1 Å². The summed E-state index contributed by atoms with van der Waals surface area (Å²) in [5, 5.41) is 0. The molecule has 1 heterocycles. The molecule has 0 saturated carbocycles. The van der Waals surface area contributed by atoms with E-state index in [1.807, 2.05) is 0 Å². The van der Waals surface area contributed by atoms with Crippen LogP contribution in [0.1, 0.15) is 16.7 Å². The Bertz CT molecular complexity index is 665. The third kappa shape index (κ3) is 2.52. The molecule has 0 aliphatic rings. The SMILES string of the molecule is Cc1ccc(C(F)(F)F)cc1-c1nc(N)nc(N)c1C. The van der Waals surface area contributed by atoms with Crippen molar-refractivity contribution in [2.24, 2.45) is 0 Å². The van der Waals surface area contributed by atoms with Gasteiger partial charge in [0.25, 0.3) is 0 Å². The standard InChI is InChI=1S/C13H13F3N4/c1-6-3-4-8(13(14,15)16)5-9(6)10-7(2)11(17)20-12(18)19-10/h3-5H,1-2H3,(H4,17,18,19,20). The number of nitrogens with zero attached hydrogens (tertiary/aromatic N) is 2. The van der Waals surface area contributed by atoms with Gasteiger partial charge in [-0.3, -0.25) is 0 Å². The molecule has 0 bridgehead atoms. The van der Waals surface area contributed by atoms with Crippen molar-refractivity contribution >= 4 is 11.8 Å². The Hall–Kier alpha value is -2.31. The molecule has 0 aliphatic carbocycles. The number of halogens is 3. The molecule has 7 heteroatoms. The lowest BCUT2D eigenvalue weighted by atomic mass is 9.99. The molecule has 0 radical (unpaired) electrons. The number of aromatic nitrogens is 2. The van der Waals surface area contributed by atoms with E-state index in [0.717, 1.165) is 12.1 Å². The summed E-state index contributed by atoms with van der Waals surface area (Å²) in [4.78, 5) is 7.79. The van der Waals surface area contributed by atoms with Gasteiger partial charge >= 0.3 is 6.18 Å². The Labute approximate surface area is 113 Å². The second-order valence-corrected chi connectivity index (χ2v) is 4.47. The van der Waals surface area contributed by atoms with Crippen molar-refractivity contribution in [1.29, 1.82) is 0 Å². The van der Waals surface area contributed by atoms with Gasteiger partial charge < -0.3 is 11.5 Å². The van der Waals surface area contributed by atoms with Gasteiger partial charge in [0.1, 0.15) is 5.82 Å². The van der Waals surface area contributed by atoms with Crippen molar-refractivity contribution in [1.82, 2.24) is 9.97 Å². The van der Waals surface area contributed by atoms with Gasteiger partial charge in [0.15, 0.2) is 0 Å². The van der Waals surface area contributed by atoms with Crippen LogP contribution in [0.3, 0.4) is 0 Å². The summed E-state index contributed by atoms with van der Waals surface area (Å²) in [6, 6.07) is 3.47. The number of benzene rings is 1. The number of nitrogens with two attached hydrogens (primary N) is 2. The molecule has 0 fully saturated rings. The molecule has 20 heavy (non-hydrogen) atoms. The topological polar surface area (TPSA) is 77.8 Å². The molecule has 2 rings (SSSR count). The summed E-state index contributed by atoms with van der Waals surface area (Å²) in [5.41, 5.74) is 12.3. The van der Waals surface area contributed by atoms with E-state index in [1.54, 1.807) is 13.8 Å². The fourth-order valence-electron chi connectivity index (χ4n) is 1.87. The lowest BCUT2D eigenvalue weighted by molar-refractivity contribution is -0.137. The van der Waals surface area contributed by atoms with Crippen LogP contribution in [0.4, 0.5) is 24.9 Å². The van der Waals surface area contributed by atoms with E-state index < -0.39 is 11.7 Å². The third-order valence-electron chi connectivity index (χ3n) is 3.02. The molecule has 0 amide bonds. The van der Waals surface area contributed by atoms with Crippen molar-refractivity contribution < 1.29 is 13.2 Å². The van der Waals surface area contributed by atoms with Crippen molar-refractivity contribution in [3.05, 3.63) is 34.9 Å². The van der Waals surface area contributed by atoms with Gasteiger partial charge in [-0.25, -0.2) is 4.98 Å². The van der Waals surface area contributed by atoms with E-state index >= 15 is 0 Å². The minimum absolute atomic E-state index is 0.0695.